The van der Waals surface area contributed by atoms with Gasteiger partial charge in [0.25, 0.3) is 0 Å². The molecule has 0 amide bonds. The fourth-order valence-corrected chi connectivity index (χ4v) is 1.84. The first kappa shape index (κ1) is 8.23. The summed E-state index contributed by atoms with van der Waals surface area (Å²) in [6.45, 7) is 3.87. The second-order valence-corrected chi connectivity index (χ2v) is 3.69. The van der Waals surface area contributed by atoms with Gasteiger partial charge in [0.2, 0.25) is 0 Å². The minimum Gasteiger partial charge on any atom is -0.386 e. The molecule has 0 radical (unpaired) electrons. The monoisotopic (exact) mass is 170 g/mol. The van der Waals surface area contributed by atoms with E-state index in [1.807, 2.05) is 13.8 Å². The third-order valence-corrected chi connectivity index (χ3v) is 2.36. The lowest BCUT2D eigenvalue weighted by Crippen LogP contribution is -2.51. The first-order valence-corrected chi connectivity index (χ1v) is 4.32. The van der Waals surface area contributed by atoms with Crippen LogP contribution in [0.2, 0.25) is 0 Å². The third kappa shape index (κ3) is 1.28. The number of hydrogen-bond donors (Lipinski definition) is 1. The lowest BCUT2D eigenvalue weighted by Gasteiger charge is -2.44. The SMILES string of the molecule is C[C@@H]1C[C@@H]2O[C@@](C)(C=C[C@@H]2O)O1. The van der Waals surface area contributed by atoms with Gasteiger partial charge in [0, 0.05) is 6.42 Å². The van der Waals surface area contributed by atoms with E-state index in [1.54, 1.807) is 12.2 Å². The molecule has 2 bridgehead atoms. The smallest absolute Gasteiger partial charge is 0.185 e. The highest BCUT2D eigenvalue weighted by Crippen LogP contribution is 2.33. The zero-order valence-electron chi connectivity index (χ0n) is 7.36. The van der Waals surface area contributed by atoms with Crippen LogP contribution in [0.4, 0.5) is 0 Å². The van der Waals surface area contributed by atoms with Gasteiger partial charge in [0.05, 0.1) is 18.3 Å². The molecule has 1 fully saturated rings. The van der Waals surface area contributed by atoms with E-state index >= 15 is 0 Å². The van der Waals surface area contributed by atoms with Gasteiger partial charge < -0.3 is 14.6 Å². The average molecular weight is 170 g/mol. The molecule has 0 unspecified atom stereocenters. The van der Waals surface area contributed by atoms with Crippen molar-refractivity contribution in [2.24, 2.45) is 0 Å². The summed E-state index contributed by atoms with van der Waals surface area (Å²) in [4.78, 5) is 0. The maximum absolute atomic E-state index is 9.49. The summed E-state index contributed by atoms with van der Waals surface area (Å²) in [5.41, 5.74) is 0. The highest BCUT2D eigenvalue weighted by atomic mass is 16.7. The summed E-state index contributed by atoms with van der Waals surface area (Å²) in [6.07, 6.45) is 3.90. The molecule has 2 heterocycles. The maximum Gasteiger partial charge on any atom is 0.185 e. The molecule has 0 saturated carbocycles. The van der Waals surface area contributed by atoms with Crippen LogP contribution in [0.3, 0.4) is 0 Å². The first-order valence-electron chi connectivity index (χ1n) is 4.32. The molecule has 1 saturated heterocycles. The van der Waals surface area contributed by atoms with E-state index in [-0.39, 0.29) is 12.2 Å². The van der Waals surface area contributed by atoms with Gasteiger partial charge in [-0.2, -0.15) is 0 Å². The van der Waals surface area contributed by atoms with E-state index in [1.165, 1.54) is 0 Å². The second kappa shape index (κ2) is 2.55. The predicted molar refractivity (Wildman–Crippen MR) is 43.6 cm³/mol. The summed E-state index contributed by atoms with van der Waals surface area (Å²) in [5.74, 6) is -0.610. The van der Waals surface area contributed by atoms with Crippen molar-refractivity contribution < 1.29 is 14.6 Å². The highest BCUT2D eigenvalue weighted by molar-refractivity contribution is 5.07. The normalized spacial score (nSPS) is 52.4. The minimum atomic E-state index is -0.610. The van der Waals surface area contributed by atoms with Crippen molar-refractivity contribution in [1.82, 2.24) is 0 Å². The Balaban J connectivity index is 2.23. The molecule has 0 aromatic rings. The molecule has 3 nitrogen and oxygen atoms in total. The number of fused-ring (bicyclic) bond motifs is 2. The summed E-state index contributed by atoms with van der Waals surface area (Å²) >= 11 is 0. The van der Waals surface area contributed by atoms with E-state index in [2.05, 4.69) is 0 Å². The molecule has 68 valence electrons. The molecule has 0 aromatic carbocycles. The van der Waals surface area contributed by atoms with Crippen molar-refractivity contribution in [3.05, 3.63) is 12.2 Å². The van der Waals surface area contributed by atoms with Crippen LogP contribution in [-0.2, 0) is 9.47 Å². The number of rotatable bonds is 0. The molecule has 12 heavy (non-hydrogen) atoms. The van der Waals surface area contributed by atoms with Crippen LogP contribution in [-0.4, -0.2) is 29.2 Å². The van der Waals surface area contributed by atoms with Crippen LogP contribution in [0.25, 0.3) is 0 Å². The fraction of sp³-hybridized carbons (Fsp3) is 0.778. The summed E-state index contributed by atoms with van der Waals surface area (Å²) in [6, 6.07) is 0. The van der Waals surface area contributed by atoms with Gasteiger partial charge in [-0.05, 0) is 19.9 Å². The van der Waals surface area contributed by atoms with Gasteiger partial charge in [0.15, 0.2) is 5.79 Å². The Kier molecular flexibility index (Phi) is 1.75. The van der Waals surface area contributed by atoms with Gasteiger partial charge in [-0.15, -0.1) is 0 Å². The van der Waals surface area contributed by atoms with Gasteiger partial charge in [-0.25, -0.2) is 0 Å². The Morgan fingerprint density at radius 3 is 3.00 bits per heavy atom. The first-order chi connectivity index (χ1) is 5.59. The van der Waals surface area contributed by atoms with Crippen molar-refractivity contribution in [2.75, 3.05) is 0 Å². The van der Waals surface area contributed by atoms with Gasteiger partial charge in [0.1, 0.15) is 0 Å². The minimum absolute atomic E-state index is 0.0938. The molecule has 2 aliphatic heterocycles. The van der Waals surface area contributed by atoms with E-state index in [4.69, 9.17) is 9.47 Å². The largest absolute Gasteiger partial charge is 0.386 e. The Bertz CT molecular complexity index is 214. The molecule has 4 atom stereocenters. The Morgan fingerprint density at radius 1 is 1.50 bits per heavy atom. The van der Waals surface area contributed by atoms with Crippen LogP contribution in [0, 0.1) is 0 Å². The van der Waals surface area contributed by atoms with Crippen LogP contribution in [0.15, 0.2) is 12.2 Å². The topological polar surface area (TPSA) is 38.7 Å². The summed E-state index contributed by atoms with van der Waals surface area (Å²) in [5, 5.41) is 9.49. The summed E-state index contributed by atoms with van der Waals surface area (Å²) < 4.78 is 11.1. The molecule has 2 rings (SSSR count). The van der Waals surface area contributed by atoms with Gasteiger partial charge in [-0.1, -0.05) is 6.08 Å². The van der Waals surface area contributed by atoms with E-state index in [0.29, 0.717) is 0 Å². The number of aliphatic hydroxyl groups excluding tert-OH is 1. The van der Waals surface area contributed by atoms with Crippen LogP contribution in [0.1, 0.15) is 20.3 Å². The lowest BCUT2D eigenvalue weighted by atomic mass is 9.99. The number of hydrogen-bond acceptors (Lipinski definition) is 3. The molecule has 2 aliphatic rings. The van der Waals surface area contributed by atoms with Crippen LogP contribution in [0.5, 0.6) is 0 Å². The fourth-order valence-electron chi connectivity index (χ4n) is 1.84. The molecule has 1 N–H and O–H groups in total. The van der Waals surface area contributed by atoms with E-state index in [9.17, 15) is 5.11 Å². The van der Waals surface area contributed by atoms with Crippen LogP contribution < -0.4 is 0 Å². The molecule has 3 heteroatoms. The Labute approximate surface area is 72.0 Å². The van der Waals surface area contributed by atoms with Crippen molar-refractivity contribution in [3.63, 3.8) is 0 Å². The molecule has 0 aromatic heterocycles. The Hall–Kier alpha value is -0.380. The number of aliphatic hydroxyl groups is 1. The standard InChI is InChI=1S/C9H14O3/c1-6-5-8-7(10)3-4-9(2,11-6)12-8/h3-4,6-8,10H,5H2,1-2H3/t6-,7+,8+,9+/m1/s1. The highest BCUT2D eigenvalue weighted by Gasteiger charge is 2.41. The zero-order valence-corrected chi connectivity index (χ0v) is 7.36. The zero-order chi connectivity index (χ0) is 8.77. The van der Waals surface area contributed by atoms with Gasteiger partial charge >= 0.3 is 0 Å². The van der Waals surface area contributed by atoms with Gasteiger partial charge in [-0.3, -0.25) is 0 Å². The van der Waals surface area contributed by atoms with E-state index in [0.717, 1.165) is 6.42 Å². The Morgan fingerprint density at radius 2 is 2.25 bits per heavy atom. The van der Waals surface area contributed by atoms with Crippen molar-refractivity contribution in [3.8, 4) is 0 Å². The third-order valence-electron chi connectivity index (χ3n) is 2.36. The lowest BCUT2D eigenvalue weighted by molar-refractivity contribution is -0.297. The molecular weight excluding hydrogens is 156 g/mol. The van der Waals surface area contributed by atoms with Crippen molar-refractivity contribution >= 4 is 0 Å². The quantitative estimate of drug-likeness (QED) is 0.547. The van der Waals surface area contributed by atoms with Crippen molar-refractivity contribution in [1.29, 1.82) is 0 Å². The molecule has 0 aliphatic carbocycles. The molecule has 0 spiro atoms. The van der Waals surface area contributed by atoms with Crippen molar-refractivity contribution in [2.45, 2.75) is 44.4 Å². The van der Waals surface area contributed by atoms with E-state index < -0.39 is 11.9 Å². The predicted octanol–water partition coefficient (Wildman–Crippen LogP) is 0.827. The maximum atomic E-state index is 9.49. The molecular formula is C9H14O3. The second-order valence-electron chi connectivity index (χ2n) is 3.69. The van der Waals surface area contributed by atoms with Crippen LogP contribution >= 0.6 is 0 Å². The number of ether oxygens (including phenoxy) is 2. The summed E-state index contributed by atoms with van der Waals surface area (Å²) in [7, 11) is 0. The average Bonchev–Trinajstić information content (AvgIpc) is 1.96.